The maximum Gasteiger partial charge on any atom is 0.264 e. The third-order valence-electron chi connectivity index (χ3n) is 5.96. The third-order valence-corrected chi connectivity index (χ3v) is 9.27. The fourth-order valence-electron chi connectivity index (χ4n) is 4.05. The van der Waals surface area contributed by atoms with Crippen LogP contribution in [0.25, 0.3) is 11.0 Å². The summed E-state index contributed by atoms with van der Waals surface area (Å²) in [4.78, 5) is 13.6. The lowest BCUT2D eigenvalue weighted by Crippen LogP contribution is -2.35. The maximum absolute atomic E-state index is 13.5. The summed E-state index contributed by atoms with van der Waals surface area (Å²) >= 11 is 1.04. The van der Waals surface area contributed by atoms with Crippen LogP contribution in [-0.2, 0) is 31.3 Å². The van der Waals surface area contributed by atoms with Gasteiger partial charge in [0.15, 0.2) is 0 Å². The van der Waals surface area contributed by atoms with Crippen molar-refractivity contribution in [2.75, 3.05) is 4.72 Å². The zero-order valence-corrected chi connectivity index (χ0v) is 22.7. The second-order valence-corrected chi connectivity index (χ2v) is 12.6. The van der Waals surface area contributed by atoms with Crippen molar-refractivity contribution in [2.45, 2.75) is 22.1 Å². The first-order valence-corrected chi connectivity index (χ1v) is 15.4. The van der Waals surface area contributed by atoms with Crippen LogP contribution in [0.4, 0.5) is 5.69 Å². The van der Waals surface area contributed by atoms with Crippen molar-refractivity contribution < 1.29 is 21.6 Å². The molecule has 1 amide bonds. The van der Waals surface area contributed by atoms with Crippen LogP contribution in [0.5, 0.6) is 0 Å². The minimum Gasteiger partial charge on any atom is -0.280 e. The van der Waals surface area contributed by atoms with Crippen molar-refractivity contribution in [1.29, 1.82) is 0 Å². The van der Waals surface area contributed by atoms with Gasteiger partial charge in [-0.15, -0.1) is 0 Å². The van der Waals surface area contributed by atoms with Crippen LogP contribution in [0.15, 0.2) is 113 Å². The highest BCUT2D eigenvalue weighted by atomic mass is 32.2. The van der Waals surface area contributed by atoms with Crippen LogP contribution in [0.3, 0.4) is 0 Å². The summed E-state index contributed by atoms with van der Waals surface area (Å²) in [6.07, 6.45) is 0.0973. The molecule has 1 heterocycles. The first kappa shape index (κ1) is 26.5. The predicted molar refractivity (Wildman–Crippen MR) is 149 cm³/mol. The summed E-state index contributed by atoms with van der Waals surface area (Å²) in [5.41, 5.74) is 2.73. The van der Waals surface area contributed by atoms with E-state index < -0.39 is 31.9 Å². The van der Waals surface area contributed by atoms with E-state index >= 15 is 0 Å². The van der Waals surface area contributed by atoms with Gasteiger partial charge in [-0.25, -0.2) is 21.6 Å². The first-order chi connectivity index (χ1) is 18.7. The molecule has 5 rings (SSSR count). The highest BCUT2D eigenvalue weighted by molar-refractivity contribution is 7.92. The SMILES string of the molecule is O=C(NS(=O)(=O)c1ccccc1)C(Cc1cccc(NS(=O)(=O)c2ccccc2)c1)c1ccc2nsnc2c1. The fourth-order valence-corrected chi connectivity index (χ4v) is 6.68. The monoisotopic (exact) mass is 578 g/mol. The van der Waals surface area contributed by atoms with Crippen molar-refractivity contribution in [3.05, 3.63) is 114 Å². The fraction of sp³-hybridized carbons (Fsp3) is 0.0741. The molecule has 5 aromatic rings. The van der Waals surface area contributed by atoms with Crippen molar-refractivity contribution in [1.82, 2.24) is 13.5 Å². The Kier molecular flexibility index (Phi) is 7.42. The molecule has 0 aliphatic rings. The average molecular weight is 579 g/mol. The van der Waals surface area contributed by atoms with E-state index in [9.17, 15) is 21.6 Å². The Bertz CT molecular complexity index is 1840. The zero-order valence-electron chi connectivity index (χ0n) is 20.3. The molecular weight excluding hydrogens is 557 g/mol. The average Bonchev–Trinajstić information content (AvgIpc) is 3.40. The molecule has 0 aliphatic carbocycles. The van der Waals surface area contributed by atoms with E-state index in [2.05, 4.69) is 18.2 Å². The first-order valence-electron chi connectivity index (χ1n) is 11.7. The van der Waals surface area contributed by atoms with Crippen LogP contribution in [-0.4, -0.2) is 31.5 Å². The van der Waals surface area contributed by atoms with Gasteiger partial charge in [-0.3, -0.25) is 9.52 Å². The Labute approximate surface area is 230 Å². The number of amides is 1. The highest BCUT2D eigenvalue weighted by Gasteiger charge is 2.27. The van der Waals surface area contributed by atoms with E-state index in [0.29, 0.717) is 27.8 Å². The summed E-state index contributed by atoms with van der Waals surface area (Å²) in [5, 5.41) is 0. The Morgan fingerprint density at radius 3 is 2.05 bits per heavy atom. The van der Waals surface area contributed by atoms with Gasteiger partial charge >= 0.3 is 0 Å². The van der Waals surface area contributed by atoms with Crippen LogP contribution in [0.1, 0.15) is 17.0 Å². The van der Waals surface area contributed by atoms with Crippen LogP contribution in [0, 0.1) is 0 Å². The lowest BCUT2D eigenvalue weighted by Gasteiger charge is -2.18. The Morgan fingerprint density at radius 2 is 1.36 bits per heavy atom. The van der Waals surface area contributed by atoms with Crippen LogP contribution in [0.2, 0.25) is 0 Å². The quantitative estimate of drug-likeness (QED) is 0.266. The number of carbonyl (C=O) groups excluding carboxylic acids is 1. The van der Waals surface area contributed by atoms with Gasteiger partial charge in [-0.05, 0) is 66.1 Å². The number of rotatable bonds is 9. The Hall–Kier alpha value is -4.13. The molecule has 1 aromatic heterocycles. The number of benzene rings is 4. The molecule has 0 bridgehead atoms. The molecular formula is C27H22N4O5S3. The minimum absolute atomic E-state index is 0.0337. The zero-order chi connectivity index (χ0) is 27.5. The second-order valence-electron chi connectivity index (χ2n) is 8.67. The molecule has 4 aromatic carbocycles. The maximum atomic E-state index is 13.5. The molecule has 0 aliphatic heterocycles. The largest absolute Gasteiger partial charge is 0.280 e. The van der Waals surface area contributed by atoms with Gasteiger partial charge in [0.05, 0.1) is 27.4 Å². The van der Waals surface area contributed by atoms with Gasteiger partial charge in [0.25, 0.3) is 20.0 Å². The highest BCUT2D eigenvalue weighted by Crippen LogP contribution is 2.27. The standard InChI is InChI=1S/C27H22N4O5S3/c32-27(31-39(35,36)23-12-5-2-6-13-23)24(20-14-15-25-26(18-20)29-37-28-25)17-19-8-7-9-21(16-19)30-38(33,34)22-10-3-1-4-11-22/h1-16,18,24,30H,17H2,(H,31,32). The summed E-state index contributed by atoms with van der Waals surface area (Å²) in [7, 11) is -7.94. The van der Waals surface area contributed by atoms with Crippen molar-refractivity contribution in [2.24, 2.45) is 0 Å². The molecule has 12 heteroatoms. The normalized spacial score (nSPS) is 12.6. The summed E-state index contributed by atoms with van der Waals surface area (Å²) in [6.45, 7) is 0. The molecule has 2 N–H and O–H groups in total. The lowest BCUT2D eigenvalue weighted by atomic mass is 9.91. The van der Waals surface area contributed by atoms with E-state index in [4.69, 9.17) is 0 Å². The third kappa shape index (κ3) is 6.14. The van der Waals surface area contributed by atoms with Crippen LogP contribution < -0.4 is 9.44 Å². The summed E-state index contributed by atoms with van der Waals surface area (Å²) in [6, 6.07) is 27.4. The summed E-state index contributed by atoms with van der Waals surface area (Å²) < 4.78 is 64.6. The number of carbonyl (C=O) groups is 1. The number of anilines is 1. The number of nitrogens with one attached hydrogen (secondary N) is 2. The van der Waals surface area contributed by atoms with Gasteiger partial charge in [-0.2, -0.15) is 8.75 Å². The van der Waals surface area contributed by atoms with E-state index in [0.717, 1.165) is 11.7 Å². The molecule has 0 saturated heterocycles. The molecule has 0 saturated carbocycles. The lowest BCUT2D eigenvalue weighted by molar-refractivity contribution is -0.120. The molecule has 1 atom stereocenters. The van der Waals surface area contributed by atoms with Gasteiger partial charge in [-0.1, -0.05) is 54.6 Å². The predicted octanol–water partition coefficient (Wildman–Crippen LogP) is 4.32. The van der Waals surface area contributed by atoms with E-state index in [-0.39, 0.29) is 16.2 Å². The number of hydrogen-bond acceptors (Lipinski definition) is 8. The van der Waals surface area contributed by atoms with E-state index in [1.807, 2.05) is 0 Å². The van der Waals surface area contributed by atoms with Crippen LogP contribution >= 0.6 is 11.7 Å². The number of sulfonamides is 2. The minimum atomic E-state index is -4.12. The number of fused-ring (bicyclic) bond motifs is 1. The van der Waals surface area contributed by atoms with Gasteiger partial charge < -0.3 is 0 Å². The van der Waals surface area contributed by atoms with Gasteiger partial charge in [0.1, 0.15) is 11.0 Å². The number of hydrogen-bond donors (Lipinski definition) is 2. The molecule has 0 spiro atoms. The Morgan fingerprint density at radius 1 is 0.718 bits per heavy atom. The van der Waals surface area contributed by atoms with Gasteiger partial charge in [0, 0.05) is 5.69 Å². The number of nitrogens with zero attached hydrogens (tertiary/aromatic N) is 2. The van der Waals surface area contributed by atoms with E-state index in [1.54, 1.807) is 78.9 Å². The topological polar surface area (TPSA) is 135 Å². The van der Waals surface area contributed by atoms with Crippen molar-refractivity contribution in [3.63, 3.8) is 0 Å². The molecule has 0 radical (unpaired) electrons. The summed E-state index contributed by atoms with van der Waals surface area (Å²) in [5.74, 6) is -1.65. The molecule has 9 nitrogen and oxygen atoms in total. The van der Waals surface area contributed by atoms with Crippen molar-refractivity contribution in [3.8, 4) is 0 Å². The smallest absolute Gasteiger partial charge is 0.264 e. The molecule has 0 fully saturated rings. The Balaban J connectivity index is 1.45. The number of aromatic nitrogens is 2. The molecule has 39 heavy (non-hydrogen) atoms. The molecule has 1 unspecified atom stereocenters. The molecule has 198 valence electrons. The van der Waals surface area contributed by atoms with Gasteiger partial charge in [0.2, 0.25) is 5.91 Å². The van der Waals surface area contributed by atoms with E-state index in [1.165, 1.54) is 24.3 Å². The van der Waals surface area contributed by atoms with Crippen molar-refractivity contribution >= 4 is 54.4 Å². The second kappa shape index (κ2) is 10.9.